The lowest BCUT2D eigenvalue weighted by Gasteiger charge is -2.16. The Balaban J connectivity index is 1.99. The minimum absolute atomic E-state index is 0.112. The summed E-state index contributed by atoms with van der Waals surface area (Å²) in [4.78, 5) is 16.8. The number of fused-ring (bicyclic) bond motifs is 2. The first kappa shape index (κ1) is 13.1. The highest BCUT2D eigenvalue weighted by Gasteiger charge is 2.22. The van der Waals surface area contributed by atoms with Crippen LogP contribution in [0.2, 0.25) is 0 Å². The summed E-state index contributed by atoms with van der Waals surface area (Å²) in [5, 5.41) is 3.42. The van der Waals surface area contributed by atoms with Crippen molar-refractivity contribution in [2.45, 2.75) is 5.50 Å². The highest BCUT2D eigenvalue weighted by molar-refractivity contribution is 6.21. The summed E-state index contributed by atoms with van der Waals surface area (Å²) in [5.41, 5.74) is 2.16. The zero-order valence-electron chi connectivity index (χ0n) is 11.4. The lowest BCUT2D eigenvalue weighted by Crippen LogP contribution is -2.23. The number of aromatic nitrogens is 1. The van der Waals surface area contributed by atoms with Gasteiger partial charge in [0.05, 0.1) is 10.9 Å². The summed E-state index contributed by atoms with van der Waals surface area (Å²) in [6, 6.07) is 9.34. The quantitative estimate of drug-likeness (QED) is 0.550. The fourth-order valence-corrected chi connectivity index (χ4v) is 2.87. The largest absolute Gasteiger partial charge is 0.456 e. The van der Waals surface area contributed by atoms with E-state index in [1.807, 2.05) is 24.3 Å². The third kappa shape index (κ3) is 2.00. The second-order valence-corrected chi connectivity index (χ2v) is 5.46. The molecule has 0 amide bonds. The van der Waals surface area contributed by atoms with E-state index in [-0.39, 0.29) is 5.43 Å². The van der Waals surface area contributed by atoms with Gasteiger partial charge in [-0.25, -0.2) is 0 Å². The first-order chi connectivity index (χ1) is 10.7. The van der Waals surface area contributed by atoms with Crippen molar-refractivity contribution in [3.8, 4) is 11.1 Å². The monoisotopic (exact) mass is 310 g/mol. The van der Waals surface area contributed by atoms with Crippen LogP contribution in [0.4, 0.5) is 0 Å². The van der Waals surface area contributed by atoms with E-state index < -0.39 is 5.50 Å². The molecule has 1 aliphatic heterocycles. The topological polar surface area (TPSA) is 55.1 Å². The molecule has 0 spiro atoms. The van der Waals surface area contributed by atoms with Gasteiger partial charge in [0.2, 0.25) is 0 Å². The minimum atomic E-state index is -0.581. The van der Waals surface area contributed by atoms with Gasteiger partial charge in [0.15, 0.2) is 5.43 Å². The predicted molar refractivity (Wildman–Crippen MR) is 86.5 cm³/mol. The molecule has 3 aromatic rings. The van der Waals surface area contributed by atoms with Crippen molar-refractivity contribution in [3.63, 3.8) is 0 Å². The van der Waals surface area contributed by atoms with Crippen LogP contribution in [0.15, 0.2) is 58.1 Å². The maximum absolute atomic E-state index is 12.7. The minimum Gasteiger partial charge on any atom is -0.456 e. The van der Waals surface area contributed by atoms with Gasteiger partial charge in [-0.1, -0.05) is 23.7 Å². The van der Waals surface area contributed by atoms with Crippen LogP contribution in [-0.4, -0.2) is 4.98 Å². The molecular formula is C17H11ClN2O2. The van der Waals surface area contributed by atoms with Gasteiger partial charge in [-0.3, -0.25) is 9.78 Å². The average molecular weight is 311 g/mol. The van der Waals surface area contributed by atoms with Crippen molar-refractivity contribution < 1.29 is 4.42 Å². The number of hydrogen-bond donors (Lipinski definition) is 1. The Morgan fingerprint density at radius 3 is 2.95 bits per heavy atom. The Labute approximate surface area is 131 Å². The van der Waals surface area contributed by atoms with Crippen LogP contribution in [0, 0.1) is 0 Å². The van der Waals surface area contributed by atoms with Gasteiger partial charge in [0.1, 0.15) is 16.8 Å². The maximum Gasteiger partial charge on any atom is 0.199 e. The number of rotatable bonds is 1. The number of halogens is 1. The molecule has 2 aromatic heterocycles. The van der Waals surface area contributed by atoms with E-state index in [0.29, 0.717) is 22.3 Å². The van der Waals surface area contributed by atoms with Crippen LogP contribution in [0.5, 0.6) is 0 Å². The Kier molecular flexibility index (Phi) is 2.98. The molecule has 5 heteroatoms. The van der Waals surface area contributed by atoms with Gasteiger partial charge >= 0.3 is 0 Å². The van der Waals surface area contributed by atoms with Crippen LogP contribution < -0.4 is 10.7 Å². The van der Waals surface area contributed by atoms with Crippen LogP contribution >= 0.6 is 11.6 Å². The molecule has 0 bridgehead atoms. The third-order valence-electron chi connectivity index (χ3n) is 3.68. The molecule has 1 unspecified atom stereocenters. The normalized spacial score (nSPS) is 16.3. The van der Waals surface area contributed by atoms with Crippen molar-refractivity contribution in [1.82, 2.24) is 10.3 Å². The van der Waals surface area contributed by atoms with E-state index in [1.54, 1.807) is 30.7 Å². The van der Waals surface area contributed by atoms with Gasteiger partial charge in [0, 0.05) is 24.2 Å². The van der Waals surface area contributed by atoms with Crippen LogP contribution in [-0.2, 0) is 0 Å². The molecule has 108 valence electrons. The molecule has 0 saturated carbocycles. The van der Waals surface area contributed by atoms with Crippen molar-refractivity contribution in [3.05, 3.63) is 70.5 Å². The number of benzene rings is 1. The number of nitrogens with zero attached hydrogens (tertiary/aromatic N) is 1. The summed E-state index contributed by atoms with van der Waals surface area (Å²) in [7, 11) is 0. The van der Waals surface area contributed by atoms with Crippen molar-refractivity contribution in [2.24, 2.45) is 0 Å². The molecule has 0 aliphatic carbocycles. The molecule has 0 radical (unpaired) electrons. The van der Waals surface area contributed by atoms with Crippen LogP contribution in [0.3, 0.4) is 0 Å². The lowest BCUT2D eigenvalue weighted by molar-refractivity contribution is 0.569. The van der Waals surface area contributed by atoms with Gasteiger partial charge < -0.3 is 9.73 Å². The molecule has 1 N–H and O–H groups in total. The summed E-state index contributed by atoms with van der Waals surface area (Å²) in [6.07, 6.45) is 6.87. The number of pyridine rings is 1. The van der Waals surface area contributed by atoms with Crippen LogP contribution in [0.1, 0.15) is 16.8 Å². The van der Waals surface area contributed by atoms with E-state index in [4.69, 9.17) is 16.0 Å². The van der Waals surface area contributed by atoms with E-state index >= 15 is 0 Å². The SMILES string of the molecule is O=c1c2c(oc3ccc(-c4cccnc4)cc13)C=CNC2Cl. The Morgan fingerprint density at radius 1 is 1.23 bits per heavy atom. The van der Waals surface area contributed by atoms with Gasteiger partial charge in [-0.05, 0) is 29.8 Å². The molecule has 1 aliphatic rings. The molecule has 1 aromatic carbocycles. The predicted octanol–water partition coefficient (Wildman–Crippen LogP) is 3.67. The smallest absolute Gasteiger partial charge is 0.199 e. The van der Waals surface area contributed by atoms with E-state index in [0.717, 1.165) is 11.1 Å². The molecule has 0 fully saturated rings. The number of alkyl halides is 1. The van der Waals surface area contributed by atoms with E-state index in [2.05, 4.69) is 10.3 Å². The summed E-state index contributed by atoms with van der Waals surface area (Å²) in [5.74, 6) is 0.505. The molecule has 4 rings (SSSR count). The highest BCUT2D eigenvalue weighted by Crippen LogP contribution is 2.29. The molecule has 1 atom stereocenters. The zero-order valence-corrected chi connectivity index (χ0v) is 12.2. The zero-order chi connectivity index (χ0) is 15.1. The van der Waals surface area contributed by atoms with E-state index in [1.165, 1.54) is 0 Å². The summed E-state index contributed by atoms with van der Waals surface area (Å²) < 4.78 is 5.80. The molecule has 3 heterocycles. The van der Waals surface area contributed by atoms with E-state index in [9.17, 15) is 4.79 Å². The summed E-state index contributed by atoms with van der Waals surface area (Å²) >= 11 is 6.18. The first-order valence-electron chi connectivity index (χ1n) is 6.82. The van der Waals surface area contributed by atoms with Crippen molar-refractivity contribution in [2.75, 3.05) is 0 Å². The lowest BCUT2D eigenvalue weighted by atomic mass is 10.0. The second kappa shape index (κ2) is 5.00. The van der Waals surface area contributed by atoms with Crippen molar-refractivity contribution in [1.29, 1.82) is 0 Å². The average Bonchev–Trinajstić information content (AvgIpc) is 2.55. The Morgan fingerprint density at radius 2 is 2.14 bits per heavy atom. The first-order valence-corrected chi connectivity index (χ1v) is 7.25. The Hall–Kier alpha value is -2.59. The van der Waals surface area contributed by atoms with Gasteiger partial charge in [-0.2, -0.15) is 0 Å². The number of nitrogens with one attached hydrogen (secondary N) is 1. The second-order valence-electron chi connectivity index (χ2n) is 5.02. The molecule has 4 nitrogen and oxygen atoms in total. The Bertz CT molecular complexity index is 948. The van der Waals surface area contributed by atoms with Gasteiger partial charge in [-0.15, -0.1) is 0 Å². The fourth-order valence-electron chi connectivity index (χ4n) is 2.60. The molecule has 0 saturated heterocycles. The summed E-state index contributed by atoms with van der Waals surface area (Å²) in [6.45, 7) is 0. The standard InChI is InChI=1S/C17H11ClN2O2/c18-17-15-14(5-7-20-17)22-13-4-3-10(8-12(13)16(15)21)11-2-1-6-19-9-11/h1-9,17,20H. The maximum atomic E-state index is 12.7. The van der Waals surface area contributed by atoms with Gasteiger partial charge in [0.25, 0.3) is 0 Å². The van der Waals surface area contributed by atoms with Crippen LogP contribution in [0.25, 0.3) is 28.2 Å². The van der Waals surface area contributed by atoms with Crippen molar-refractivity contribution >= 4 is 28.6 Å². The number of hydrogen-bond acceptors (Lipinski definition) is 4. The molecular weight excluding hydrogens is 300 g/mol. The molecule has 22 heavy (non-hydrogen) atoms. The highest BCUT2D eigenvalue weighted by atomic mass is 35.5. The third-order valence-corrected chi connectivity index (χ3v) is 4.02. The fraction of sp³-hybridized carbons (Fsp3) is 0.0588.